The van der Waals surface area contributed by atoms with Gasteiger partial charge in [0.25, 0.3) is 0 Å². The average Bonchev–Trinajstić information content (AvgIpc) is 2.36. The molecule has 2 rings (SSSR count). The fraction of sp³-hybridized carbons (Fsp3) is 0.588. The number of carbonyl (C=O) groups is 1. The fourth-order valence-corrected chi connectivity index (χ4v) is 3.13. The summed E-state index contributed by atoms with van der Waals surface area (Å²) in [7, 11) is 0. The van der Waals surface area contributed by atoms with Gasteiger partial charge in [-0.25, -0.2) is 4.79 Å². The summed E-state index contributed by atoms with van der Waals surface area (Å²) in [6.07, 6.45) is 2.62. The number of benzene rings is 1. The minimum atomic E-state index is -0.493. The maximum Gasteiger partial charge on any atom is 0.408 e. The van der Waals surface area contributed by atoms with Gasteiger partial charge in [-0.3, -0.25) is 0 Å². The van der Waals surface area contributed by atoms with E-state index in [2.05, 4.69) is 10.6 Å². The van der Waals surface area contributed by atoms with Crippen LogP contribution < -0.4 is 10.6 Å². The lowest BCUT2D eigenvalue weighted by Gasteiger charge is -2.43. The molecule has 6 heteroatoms. The maximum absolute atomic E-state index is 12.0. The van der Waals surface area contributed by atoms with Crippen LogP contribution in [-0.2, 0) is 11.3 Å². The number of nitrogens with one attached hydrogen (secondary N) is 2. The van der Waals surface area contributed by atoms with Gasteiger partial charge < -0.3 is 15.4 Å². The van der Waals surface area contributed by atoms with Crippen LogP contribution in [-0.4, -0.2) is 23.8 Å². The van der Waals surface area contributed by atoms with Gasteiger partial charge in [-0.2, -0.15) is 0 Å². The molecule has 0 aromatic heterocycles. The molecule has 0 saturated heterocycles. The lowest BCUT2D eigenvalue weighted by atomic mass is 9.76. The van der Waals surface area contributed by atoms with Crippen LogP contribution in [0.5, 0.6) is 0 Å². The van der Waals surface area contributed by atoms with E-state index in [1.807, 2.05) is 39.0 Å². The number of alkyl carbamates (subject to hydrolysis) is 1. The first-order chi connectivity index (χ1) is 10.7. The Hall–Kier alpha value is -0.970. The summed E-state index contributed by atoms with van der Waals surface area (Å²) in [5, 5.41) is 7.66. The van der Waals surface area contributed by atoms with E-state index < -0.39 is 5.60 Å². The van der Waals surface area contributed by atoms with Crippen molar-refractivity contribution in [2.75, 3.05) is 6.54 Å². The van der Waals surface area contributed by atoms with Crippen molar-refractivity contribution >= 4 is 29.3 Å². The summed E-state index contributed by atoms with van der Waals surface area (Å²) < 4.78 is 5.35. The molecule has 1 aliphatic carbocycles. The van der Waals surface area contributed by atoms with Crippen LogP contribution in [0.25, 0.3) is 0 Å². The van der Waals surface area contributed by atoms with Crippen molar-refractivity contribution in [1.29, 1.82) is 0 Å². The van der Waals surface area contributed by atoms with E-state index in [-0.39, 0.29) is 11.6 Å². The first kappa shape index (κ1) is 18.4. The number of hydrogen-bond acceptors (Lipinski definition) is 3. The van der Waals surface area contributed by atoms with Crippen molar-refractivity contribution < 1.29 is 9.53 Å². The van der Waals surface area contributed by atoms with E-state index in [1.54, 1.807) is 0 Å². The topological polar surface area (TPSA) is 50.4 Å². The molecule has 0 radical (unpaired) electrons. The summed E-state index contributed by atoms with van der Waals surface area (Å²) in [5.41, 5.74) is 0.145. The van der Waals surface area contributed by atoms with E-state index in [1.165, 1.54) is 0 Å². The highest BCUT2D eigenvalue weighted by molar-refractivity contribution is 6.35. The van der Waals surface area contributed by atoms with E-state index in [4.69, 9.17) is 27.9 Å². The van der Waals surface area contributed by atoms with Crippen LogP contribution in [0, 0.1) is 0 Å². The largest absolute Gasteiger partial charge is 0.444 e. The first-order valence-corrected chi connectivity index (χ1v) is 8.61. The molecule has 2 N–H and O–H groups in total. The quantitative estimate of drug-likeness (QED) is 0.812. The molecular weight excluding hydrogens is 335 g/mol. The zero-order valence-electron chi connectivity index (χ0n) is 13.8. The number of hydrogen-bond donors (Lipinski definition) is 2. The predicted octanol–water partition coefficient (Wildman–Crippen LogP) is 4.53. The van der Waals surface area contributed by atoms with Crippen LogP contribution in [0.15, 0.2) is 18.2 Å². The SMILES string of the molecule is CC(C)(C)OC(=O)NC1(CNCc2c(Cl)cccc2Cl)CCC1. The summed E-state index contributed by atoms with van der Waals surface area (Å²) in [5.74, 6) is 0. The Balaban J connectivity index is 1.88. The molecule has 1 saturated carbocycles. The molecule has 0 heterocycles. The van der Waals surface area contributed by atoms with Gasteiger partial charge in [-0.1, -0.05) is 29.3 Å². The molecular formula is C17H24Cl2N2O2. The van der Waals surface area contributed by atoms with E-state index in [9.17, 15) is 4.79 Å². The predicted molar refractivity (Wildman–Crippen MR) is 94.1 cm³/mol. The second kappa shape index (κ2) is 7.29. The Morgan fingerprint density at radius 1 is 1.26 bits per heavy atom. The van der Waals surface area contributed by atoms with Crippen LogP contribution in [0.2, 0.25) is 10.0 Å². The molecule has 0 atom stereocenters. The monoisotopic (exact) mass is 358 g/mol. The van der Waals surface area contributed by atoms with Gasteiger partial charge in [-0.05, 0) is 52.2 Å². The summed E-state index contributed by atoms with van der Waals surface area (Å²) in [6, 6.07) is 5.47. The fourth-order valence-electron chi connectivity index (χ4n) is 2.60. The van der Waals surface area contributed by atoms with Crippen molar-refractivity contribution in [2.24, 2.45) is 0 Å². The second-order valence-corrected chi connectivity index (χ2v) is 7.88. The zero-order valence-corrected chi connectivity index (χ0v) is 15.4. The van der Waals surface area contributed by atoms with Gasteiger partial charge in [0.2, 0.25) is 0 Å². The second-order valence-electron chi connectivity index (χ2n) is 7.06. The lowest BCUT2D eigenvalue weighted by Crippen LogP contribution is -2.59. The molecule has 1 aliphatic rings. The first-order valence-electron chi connectivity index (χ1n) is 7.86. The Bertz CT molecular complexity index is 546. The third kappa shape index (κ3) is 5.27. The third-order valence-corrected chi connectivity index (χ3v) is 4.61. The summed E-state index contributed by atoms with van der Waals surface area (Å²) in [6.45, 7) is 6.80. The molecule has 1 aromatic carbocycles. The summed E-state index contributed by atoms with van der Waals surface area (Å²) in [4.78, 5) is 12.0. The van der Waals surface area contributed by atoms with Crippen LogP contribution >= 0.6 is 23.2 Å². The van der Waals surface area contributed by atoms with Crippen molar-refractivity contribution in [3.63, 3.8) is 0 Å². The van der Waals surface area contributed by atoms with Gasteiger partial charge in [-0.15, -0.1) is 0 Å². The Labute approximate surface area is 147 Å². The zero-order chi connectivity index (χ0) is 17.1. The molecule has 1 fully saturated rings. The number of amides is 1. The maximum atomic E-state index is 12.0. The molecule has 0 aliphatic heterocycles. The van der Waals surface area contributed by atoms with Crippen LogP contribution in [0.3, 0.4) is 0 Å². The van der Waals surface area contributed by atoms with Crippen LogP contribution in [0.1, 0.15) is 45.6 Å². The molecule has 128 valence electrons. The number of halogens is 2. The molecule has 1 aromatic rings. The van der Waals surface area contributed by atoms with Gasteiger partial charge in [0.15, 0.2) is 0 Å². The molecule has 0 unspecified atom stereocenters. The highest BCUT2D eigenvalue weighted by Gasteiger charge is 2.39. The molecule has 0 bridgehead atoms. The summed E-state index contributed by atoms with van der Waals surface area (Å²) >= 11 is 12.3. The molecule has 4 nitrogen and oxygen atoms in total. The third-order valence-electron chi connectivity index (χ3n) is 3.90. The van der Waals surface area contributed by atoms with E-state index in [0.29, 0.717) is 23.1 Å². The van der Waals surface area contributed by atoms with Crippen molar-refractivity contribution in [3.05, 3.63) is 33.8 Å². The normalized spacial score (nSPS) is 16.6. The Kier molecular flexibility index (Phi) is 5.82. The van der Waals surface area contributed by atoms with Gasteiger partial charge in [0, 0.05) is 28.7 Å². The number of ether oxygens (including phenoxy) is 1. The number of rotatable bonds is 5. The van der Waals surface area contributed by atoms with Gasteiger partial charge in [0.05, 0.1) is 5.54 Å². The van der Waals surface area contributed by atoms with E-state index in [0.717, 1.165) is 24.8 Å². The molecule has 23 heavy (non-hydrogen) atoms. The van der Waals surface area contributed by atoms with Gasteiger partial charge >= 0.3 is 6.09 Å². The van der Waals surface area contributed by atoms with Crippen molar-refractivity contribution in [1.82, 2.24) is 10.6 Å². The number of carbonyl (C=O) groups excluding carboxylic acids is 1. The standard InChI is InChI=1S/C17H24Cl2N2O2/c1-16(2,3)23-15(22)21-17(8-5-9-17)11-20-10-12-13(18)6-4-7-14(12)19/h4,6-7,20H,5,8-11H2,1-3H3,(H,21,22). The average molecular weight is 359 g/mol. The van der Waals surface area contributed by atoms with Crippen molar-refractivity contribution in [3.8, 4) is 0 Å². The minimum Gasteiger partial charge on any atom is -0.444 e. The Morgan fingerprint density at radius 3 is 2.35 bits per heavy atom. The highest BCUT2D eigenvalue weighted by atomic mass is 35.5. The molecule has 1 amide bonds. The van der Waals surface area contributed by atoms with Gasteiger partial charge in [0.1, 0.15) is 5.60 Å². The Morgan fingerprint density at radius 2 is 1.87 bits per heavy atom. The van der Waals surface area contributed by atoms with E-state index >= 15 is 0 Å². The smallest absolute Gasteiger partial charge is 0.408 e. The lowest BCUT2D eigenvalue weighted by molar-refractivity contribution is 0.0382. The highest BCUT2D eigenvalue weighted by Crippen LogP contribution is 2.32. The molecule has 0 spiro atoms. The minimum absolute atomic E-state index is 0.240. The van der Waals surface area contributed by atoms with Crippen molar-refractivity contribution in [2.45, 2.75) is 57.7 Å². The van der Waals surface area contributed by atoms with Crippen LogP contribution in [0.4, 0.5) is 4.79 Å².